The first-order chi connectivity index (χ1) is 34.5. The molecule has 0 spiro atoms. The third-order valence-electron chi connectivity index (χ3n) is 6.80. The van der Waals surface area contributed by atoms with Crippen LogP contribution in [0.2, 0.25) is 0 Å². The number of benzene rings is 1. The topological polar surface area (TPSA) is 559 Å². The molecule has 7 aliphatic rings. The molecule has 0 saturated carbocycles. The van der Waals surface area contributed by atoms with Crippen LogP contribution in [-0.2, 0) is 11.8 Å². The first-order valence-electron chi connectivity index (χ1n) is 19.4. The predicted molar refractivity (Wildman–Crippen MR) is 255 cm³/mol. The number of nitrogen functional groups attached to an aromatic ring is 3. The summed E-state index contributed by atoms with van der Waals surface area (Å²) in [5, 5.41) is 102. The molecule has 1 aromatic carbocycles. The molecule has 12 rings (SSSR count). The summed E-state index contributed by atoms with van der Waals surface area (Å²) < 4.78 is 2.23. The van der Waals surface area contributed by atoms with Crippen molar-refractivity contribution in [1.29, 1.82) is 0 Å². The molecule has 71 heavy (non-hydrogen) atoms. The Morgan fingerprint density at radius 1 is 0.676 bits per heavy atom. The lowest BCUT2D eigenvalue weighted by molar-refractivity contribution is -0.129. The minimum Gasteiger partial charge on any atom is -0.477 e. The van der Waals surface area contributed by atoms with Gasteiger partial charge in [0.05, 0.1) is 24.2 Å². The van der Waals surface area contributed by atoms with E-state index in [-0.39, 0.29) is 24.2 Å². The Morgan fingerprint density at radius 3 is 1.56 bits per heavy atom. The van der Waals surface area contributed by atoms with Gasteiger partial charge in [0.2, 0.25) is 22.6 Å². The first kappa shape index (κ1) is 54.9. The fraction of sp³-hybridized carbons (Fsp3) is 0.290. The normalized spacial score (nSPS) is 14.7. The summed E-state index contributed by atoms with van der Waals surface area (Å²) in [4.78, 5) is 24.3. The number of carboxylic acids is 1. The molecule has 0 atom stereocenters. The van der Waals surface area contributed by atoms with Crippen molar-refractivity contribution in [1.82, 2.24) is 60.3 Å². The Balaban J connectivity index is 0.000000211. The van der Waals surface area contributed by atoms with Crippen molar-refractivity contribution < 1.29 is 9.90 Å². The summed E-state index contributed by atoms with van der Waals surface area (Å²) in [7, 11) is 1.84. The molecule has 39 nitrogen and oxygen atoms in total. The number of H-pyrrole nitrogens is 4. The Kier molecular flexibility index (Phi) is 26.2. The van der Waals surface area contributed by atoms with Crippen LogP contribution in [0.3, 0.4) is 0 Å². The summed E-state index contributed by atoms with van der Waals surface area (Å²) in [6.45, 7) is 5.49. The van der Waals surface area contributed by atoms with Gasteiger partial charge in [-0.15, -0.1) is 40.8 Å². The zero-order valence-corrected chi connectivity index (χ0v) is 38.1. The lowest BCUT2D eigenvalue weighted by atomic mass is 10.1. The summed E-state index contributed by atoms with van der Waals surface area (Å²) in [6.07, 6.45) is 7.59. The zero-order valence-electron chi connectivity index (χ0n) is 37.3. The van der Waals surface area contributed by atoms with Crippen LogP contribution in [-0.4, -0.2) is 158 Å². The van der Waals surface area contributed by atoms with Crippen LogP contribution in [0.25, 0.3) is 0 Å². The molecule has 370 valence electrons. The van der Waals surface area contributed by atoms with E-state index in [2.05, 4.69) is 176 Å². The van der Waals surface area contributed by atoms with Gasteiger partial charge in [-0.3, -0.25) is 14.9 Å². The molecule has 13 N–H and O–H groups in total. The van der Waals surface area contributed by atoms with E-state index < -0.39 is 5.97 Å². The monoisotopic (exact) mass is 997 g/mol. The van der Waals surface area contributed by atoms with E-state index in [0.29, 0.717) is 55.8 Å². The number of anilines is 3. The fourth-order valence-electron chi connectivity index (χ4n) is 3.75. The van der Waals surface area contributed by atoms with Crippen LogP contribution < -0.4 is 22.9 Å². The van der Waals surface area contributed by atoms with Gasteiger partial charge in [0.15, 0.2) is 5.71 Å². The van der Waals surface area contributed by atoms with Gasteiger partial charge in [0.1, 0.15) is 81.8 Å². The number of nitrogens with two attached hydrogens (primary N) is 4. The Bertz CT molecular complexity index is 2700. The van der Waals surface area contributed by atoms with E-state index in [1.54, 1.807) is 17.2 Å². The second kappa shape index (κ2) is 34.0. The van der Waals surface area contributed by atoms with Crippen LogP contribution in [0.15, 0.2) is 164 Å². The molecule has 7 aliphatic heterocycles. The highest BCUT2D eigenvalue weighted by molar-refractivity contribution is 7.71. The minimum absolute atomic E-state index is 0.00463. The van der Waals surface area contributed by atoms with Crippen molar-refractivity contribution in [3.8, 4) is 0 Å². The largest absolute Gasteiger partial charge is 0.477 e. The number of carboxylic acid groups (broad SMARTS) is 1. The van der Waals surface area contributed by atoms with Crippen LogP contribution in [0.4, 0.5) is 17.8 Å². The third kappa shape index (κ3) is 26.3. The molecule has 0 unspecified atom stereocenters. The highest BCUT2D eigenvalue weighted by Gasteiger charge is 2.15. The lowest BCUT2D eigenvalue weighted by Gasteiger charge is -1.94. The molecule has 4 aromatic heterocycles. The Hall–Kier alpha value is -10.4. The lowest BCUT2D eigenvalue weighted by Crippen LogP contribution is -2.15. The van der Waals surface area contributed by atoms with Gasteiger partial charge < -0.3 is 28.0 Å². The summed E-state index contributed by atoms with van der Waals surface area (Å²) >= 11 is 4.65. The molecule has 0 bridgehead atoms. The van der Waals surface area contributed by atoms with Gasteiger partial charge in [0.25, 0.3) is 0 Å². The molecule has 0 fully saturated rings. The van der Waals surface area contributed by atoms with Crippen LogP contribution in [0.5, 0.6) is 0 Å². The van der Waals surface area contributed by atoms with Gasteiger partial charge in [-0.25, -0.2) is 29.9 Å². The maximum atomic E-state index is 9.95. The minimum atomic E-state index is -1.05. The summed E-state index contributed by atoms with van der Waals surface area (Å²) in [6, 6.07) is 9.96. The van der Waals surface area contributed by atoms with Crippen molar-refractivity contribution in [2.75, 3.05) is 63.0 Å². The van der Waals surface area contributed by atoms with Crippen molar-refractivity contribution in [2.45, 2.75) is 6.92 Å². The smallest absolute Gasteiger partial charge is 0.354 e. The van der Waals surface area contributed by atoms with Crippen LogP contribution in [0, 0.1) is 4.77 Å². The first-order valence-corrected chi connectivity index (χ1v) is 19.8. The molecular formula is C31H43N37O2S. The van der Waals surface area contributed by atoms with Crippen molar-refractivity contribution in [3.05, 3.63) is 66.0 Å². The maximum absolute atomic E-state index is 9.95. The van der Waals surface area contributed by atoms with Gasteiger partial charge in [-0.05, 0) is 61.3 Å². The molecular weight excluding hydrogens is 955 g/mol. The van der Waals surface area contributed by atoms with E-state index in [0.717, 1.165) is 28.4 Å². The van der Waals surface area contributed by atoms with E-state index in [4.69, 9.17) is 28.0 Å². The van der Waals surface area contributed by atoms with Crippen molar-refractivity contribution in [2.24, 2.45) is 121 Å². The van der Waals surface area contributed by atoms with E-state index in [1.165, 1.54) is 19.0 Å². The standard InChI is InChI=1S/C8H7N3.C4H4N6.C3H3N3O2.C3H5N3S.C3H5N3.C2H5N5.2C2H4N4.2C2H3N3/c1-2-4-7(5-3-1)8-6-9-11-10-8;1-3(7-9-5-1)4-2-6-10-8-4;7-3(8)2-1-4-6-5-2;1-6-2-4-3(7)5-6;1-3-2-4-6-5-3;3-1-5-2(4)7-6-1;3-2-4-1-5-6-2;3-2-1-4-6-5-2;1-3-2-5-4-1;1-2-4-5-3-1/h1-5H,6H2;1-2H2;1H2,(H,7,8);2H,1H3,(H,5,7);2H2,1H3;(H5,3,4,5,6,7);1H,(H3,3,4,5,6);1H2,(H2,3,4,5);1-2H,(H,3,4,5);1H,2H2. The van der Waals surface area contributed by atoms with E-state index in [9.17, 15) is 4.79 Å². The molecule has 0 radical (unpaired) electrons. The molecule has 0 amide bonds. The summed E-state index contributed by atoms with van der Waals surface area (Å²) in [5.74, 6) is 0.231. The average molecular weight is 998 g/mol. The van der Waals surface area contributed by atoms with E-state index >= 15 is 0 Å². The number of carbonyl (C=O) groups is 1. The number of hydrogen-bond donors (Lipinski definition) is 9. The summed E-state index contributed by atoms with van der Waals surface area (Å²) in [5.41, 5.74) is 24.9. The number of rotatable bonds is 3. The van der Waals surface area contributed by atoms with Crippen LogP contribution >= 0.6 is 12.2 Å². The van der Waals surface area contributed by atoms with Gasteiger partial charge in [-0.2, -0.15) is 51.0 Å². The van der Waals surface area contributed by atoms with Crippen molar-refractivity contribution in [3.63, 3.8) is 0 Å². The predicted octanol–water partition coefficient (Wildman–Crippen LogP) is 2.01. The number of aromatic nitrogens is 12. The Morgan fingerprint density at radius 2 is 1.31 bits per heavy atom. The molecule has 0 aliphatic carbocycles. The molecule has 11 heterocycles. The number of hydrogen-bond acceptors (Lipinski definition) is 34. The van der Waals surface area contributed by atoms with Gasteiger partial charge >= 0.3 is 5.97 Å². The Labute approximate surface area is 402 Å². The quantitative estimate of drug-likeness (QED) is 0.117. The van der Waals surface area contributed by atoms with Crippen molar-refractivity contribution >= 4 is 76.6 Å². The number of aryl methyl sites for hydroxylation is 1. The number of nitrogens with zero attached hydrogens (tertiary/aromatic N) is 29. The highest BCUT2D eigenvalue weighted by atomic mass is 32.1. The molecule has 40 heteroatoms. The number of aromatic amines is 4. The SMILES string of the molecule is C1=NN=NC1.C1N=NN=C1C1=NN=NC1.CC1=NN=NC1.Cn1cnc(=S)[nH]1.NC1=NN=NC1.Nc1n[nH]c(N)n1.Nc1ncn[nH]1.O=C(O)C1=NN=NC1.c1ccc(C2=NN=NC2)cc1.c1nc[nH]n1. The van der Waals surface area contributed by atoms with E-state index in [1.807, 2.05) is 44.3 Å². The molecule has 0 saturated heterocycles. The number of aliphatic carboxylic acids is 1. The zero-order chi connectivity index (χ0) is 51.2. The van der Waals surface area contributed by atoms with Gasteiger partial charge in [-0.1, -0.05) is 30.3 Å². The number of nitrogens with one attached hydrogen (secondary N) is 4. The third-order valence-corrected chi connectivity index (χ3v) is 6.99. The second-order valence-electron chi connectivity index (χ2n) is 12.2. The highest BCUT2D eigenvalue weighted by Crippen LogP contribution is 2.06. The van der Waals surface area contributed by atoms with Gasteiger partial charge in [0, 0.05) is 7.05 Å². The maximum Gasteiger partial charge on any atom is 0.354 e. The second-order valence-corrected chi connectivity index (χ2v) is 12.6. The average Bonchev–Trinajstić information content (AvgIpc) is 4.20. The molecule has 5 aromatic rings. The van der Waals surface area contributed by atoms with Crippen LogP contribution in [0.1, 0.15) is 12.5 Å². The fourth-order valence-corrected chi connectivity index (χ4v) is 3.94. The number of amidine groups is 1.